The Kier molecular flexibility index (Phi) is 7.87. The van der Waals surface area contributed by atoms with Crippen molar-refractivity contribution in [3.8, 4) is 5.75 Å². The van der Waals surface area contributed by atoms with Gasteiger partial charge in [0.15, 0.2) is 0 Å². The third-order valence-electron chi connectivity index (χ3n) is 5.10. The molecule has 1 aromatic heterocycles. The highest BCUT2D eigenvalue weighted by molar-refractivity contribution is 6.04. The molecule has 1 N–H and O–H groups in total. The normalized spacial score (nSPS) is 13.1. The first-order valence-corrected chi connectivity index (χ1v) is 10.7. The van der Waals surface area contributed by atoms with Crippen LogP contribution in [0.15, 0.2) is 72.9 Å². The Morgan fingerprint density at radius 2 is 1.52 bits per heavy atom. The van der Waals surface area contributed by atoms with E-state index in [9.17, 15) is 4.79 Å². The summed E-state index contributed by atoms with van der Waals surface area (Å²) in [6.45, 7) is 7.75. The van der Waals surface area contributed by atoms with E-state index in [1.54, 1.807) is 31.4 Å². The molecule has 0 atom stereocenters. The van der Waals surface area contributed by atoms with Crippen LogP contribution in [-0.2, 0) is 0 Å². The van der Waals surface area contributed by atoms with E-state index in [0.717, 1.165) is 49.1 Å². The number of piperazine rings is 1. The summed E-state index contributed by atoms with van der Waals surface area (Å²) in [5.74, 6) is 1.63. The van der Waals surface area contributed by atoms with Gasteiger partial charge in [-0.15, -0.1) is 0 Å². The van der Waals surface area contributed by atoms with E-state index in [0.29, 0.717) is 5.56 Å². The summed E-state index contributed by atoms with van der Waals surface area (Å²) in [5, 5.41) is 2.94. The Morgan fingerprint density at radius 3 is 2.10 bits per heavy atom. The van der Waals surface area contributed by atoms with E-state index < -0.39 is 0 Å². The van der Waals surface area contributed by atoms with E-state index in [4.69, 9.17) is 4.74 Å². The van der Waals surface area contributed by atoms with Gasteiger partial charge in [0.25, 0.3) is 5.91 Å². The zero-order chi connectivity index (χ0) is 22.1. The number of amides is 1. The number of benzene rings is 2. The van der Waals surface area contributed by atoms with E-state index in [2.05, 4.69) is 38.3 Å². The highest BCUT2D eigenvalue weighted by atomic mass is 16.5. The number of hydrogen-bond donors (Lipinski definition) is 1. The van der Waals surface area contributed by atoms with Crippen LogP contribution in [0.5, 0.6) is 5.75 Å². The van der Waals surface area contributed by atoms with Crippen LogP contribution in [0.1, 0.15) is 24.2 Å². The molecule has 1 aliphatic rings. The van der Waals surface area contributed by atoms with Crippen LogP contribution in [0.2, 0.25) is 0 Å². The minimum absolute atomic E-state index is 0.135. The average Bonchev–Trinajstić information content (AvgIpc) is 2.86. The molecule has 2 heterocycles. The number of nitrogens with one attached hydrogen (secondary N) is 1. The predicted octanol–water partition coefficient (Wildman–Crippen LogP) is 4.70. The molecular formula is C25H30N4O2. The SMILES string of the molecule is CC.COc1ccc(C(=O)Nc2ccc(N3CCN(c4ccccn4)CC3)cc2)cc1. The molecule has 1 fully saturated rings. The van der Waals surface area contributed by atoms with E-state index in [-0.39, 0.29) is 5.91 Å². The van der Waals surface area contributed by atoms with Crippen molar-refractivity contribution >= 4 is 23.1 Å². The third kappa shape index (κ3) is 5.75. The summed E-state index contributed by atoms with van der Waals surface area (Å²) in [5.41, 5.74) is 2.54. The maximum absolute atomic E-state index is 12.4. The number of anilines is 3. The van der Waals surface area contributed by atoms with Gasteiger partial charge in [-0.1, -0.05) is 19.9 Å². The van der Waals surface area contributed by atoms with Crippen molar-refractivity contribution in [3.05, 3.63) is 78.5 Å². The van der Waals surface area contributed by atoms with Crippen LogP contribution in [0.4, 0.5) is 17.2 Å². The van der Waals surface area contributed by atoms with Crippen molar-refractivity contribution in [1.29, 1.82) is 0 Å². The fraction of sp³-hybridized carbons (Fsp3) is 0.280. The number of pyridine rings is 1. The molecule has 1 amide bonds. The van der Waals surface area contributed by atoms with Gasteiger partial charge in [0.05, 0.1) is 7.11 Å². The molecule has 0 radical (unpaired) electrons. The Hall–Kier alpha value is -3.54. The van der Waals surface area contributed by atoms with Crippen LogP contribution in [0.3, 0.4) is 0 Å². The summed E-state index contributed by atoms with van der Waals surface area (Å²) >= 11 is 0. The second-order valence-corrected chi connectivity index (χ2v) is 6.89. The van der Waals surface area contributed by atoms with Gasteiger partial charge in [0.1, 0.15) is 11.6 Å². The smallest absolute Gasteiger partial charge is 0.255 e. The van der Waals surface area contributed by atoms with Crippen molar-refractivity contribution < 1.29 is 9.53 Å². The van der Waals surface area contributed by atoms with Crippen molar-refractivity contribution in [3.63, 3.8) is 0 Å². The lowest BCUT2D eigenvalue weighted by atomic mass is 10.2. The average molecular weight is 419 g/mol. The molecule has 2 aromatic carbocycles. The molecule has 6 nitrogen and oxygen atoms in total. The third-order valence-corrected chi connectivity index (χ3v) is 5.10. The molecule has 0 saturated carbocycles. The Morgan fingerprint density at radius 1 is 0.871 bits per heavy atom. The fourth-order valence-corrected chi connectivity index (χ4v) is 3.44. The van der Waals surface area contributed by atoms with Crippen LogP contribution in [-0.4, -0.2) is 44.2 Å². The summed E-state index contributed by atoms with van der Waals surface area (Å²) in [7, 11) is 1.61. The van der Waals surface area contributed by atoms with Crippen LogP contribution in [0.25, 0.3) is 0 Å². The first kappa shape index (κ1) is 22.2. The largest absolute Gasteiger partial charge is 0.497 e. The lowest BCUT2D eigenvalue weighted by Crippen LogP contribution is -2.46. The predicted molar refractivity (Wildman–Crippen MR) is 127 cm³/mol. The number of carbonyl (C=O) groups excluding carboxylic acids is 1. The van der Waals surface area contributed by atoms with Crippen LogP contribution < -0.4 is 19.9 Å². The topological polar surface area (TPSA) is 57.7 Å². The molecule has 0 unspecified atom stereocenters. The fourth-order valence-electron chi connectivity index (χ4n) is 3.44. The number of rotatable bonds is 5. The highest BCUT2D eigenvalue weighted by Crippen LogP contribution is 2.22. The van der Waals surface area contributed by atoms with E-state index >= 15 is 0 Å². The van der Waals surface area contributed by atoms with Gasteiger partial charge in [0.2, 0.25) is 0 Å². The van der Waals surface area contributed by atoms with Crippen LogP contribution in [0, 0.1) is 0 Å². The molecular weight excluding hydrogens is 388 g/mol. The lowest BCUT2D eigenvalue weighted by Gasteiger charge is -2.36. The van der Waals surface area contributed by atoms with Gasteiger partial charge >= 0.3 is 0 Å². The van der Waals surface area contributed by atoms with E-state index in [1.165, 1.54) is 0 Å². The van der Waals surface area contributed by atoms with Gasteiger partial charge in [0, 0.05) is 49.3 Å². The minimum Gasteiger partial charge on any atom is -0.497 e. The molecule has 1 aliphatic heterocycles. The molecule has 1 saturated heterocycles. The van der Waals surface area contributed by atoms with Crippen molar-refractivity contribution in [2.45, 2.75) is 13.8 Å². The quantitative estimate of drug-likeness (QED) is 0.651. The molecule has 4 rings (SSSR count). The molecule has 6 heteroatoms. The molecule has 0 aliphatic carbocycles. The zero-order valence-electron chi connectivity index (χ0n) is 18.4. The maximum Gasteiger partial charge on any atom is 0.255 e. The summed E-state index contributed by atoms with van der Waals surface area (Å²) in [4.78, 5) is 21.5. The number of ether oxygens (including phenoxy) is 1. The van der Waals surface area contributed by atoms with Gasteiger partial charge in [-0.05, 0) is 60.7 Å². The number of hydrogen-bond acceptors (Lipinski definition) is 5. The van der Waals surface area contributed by atoms with Gasteiger partial charge in [-0.2, -0.15) is 0 Å². The van der Waals surface area contributed by atoms with Crippen molar-refractivity contribution in [2.24, 2.45) is 0 Å². The number of methoxy groups -OCH3 is 1. The second kappa shape index (κ2) is 11.0. The van der Waals surface area contributed by atoms with Crippen LogP contribution >= 0.6 is 0 Å². The van der Waals surface area contributed by atoms with Crippen molar-refractivity contribution in [1.82, 2.24) is 4.98 Å². The summed E-state index contributed by atoms with van der Waals surface area (Å²) < 4.78 is 5.13. The maximum atomic E-state index is 12.4. The number of carbonyl (C=O) groups is 1. The Bertz CT molecular complexity index is 936. The van der Waals surface area contributed by atoms with Gasteiger partial charge in [-0.3, -0.25) is 4.79 Å². The lowest BCUT2D eigenvalue weighted by molar-refractivity contribution is 0.102. The molecule has 3 aromatic rings. The standard InChI is InChI=1S/C23H24N4O2.C2H6/c1-29-21-11-5-18(6-12-21)23(28)25-19-7-9-20(10-8-19)26-14-16-27(17-15-26)22-4-2-3-13-24-22;1-2/h2-13H,14-17H2,1H3,(H,25,28);1-2H3. The Balaban J connectivity index is 0.00000132. The molecule has 0 bridgehead atoms. The minimum atomic E-state index is -0.135. The van der Waals surface area contributed by atoms with Gasteiger partial charge < -0.3 is 19.9 Å². The number of aromatic nitrogens is 1. The molecule has 0 spiro atoms. The monoisotopic (exact) mass is 418 g/mol. The van der Waals surface area contributed by atoms with E-state index in [1.807, 2.05) is 44.3 Å². The number of nitrogens with zero attached hydrogens (tertiary/aromatic N) is 3. The van der Waals surface area contributed by atoms with Crippen molar-refractivity contribution in [2.75, 3.05) is 48.4 Å². The first-order valence-electron chi connectivity index (χ1n) is 10.7. The first-order chi connectivity index (χ1) is 15.2. The summed E-state index contributed by atoms with van der Waals surface area (Å²) in [6, 6.07) is 21.1. The van der Waals surface area contributed by atoms with Gasteiger partial charge in [-0.25, -0.2) is 4.98 Å². The zero-order valence-corrected chi connectivity index (χ0v) is 18.4. The Labute approximate surface area is 184 Å². The second-order valence-electron chi connectivity index (χ2n) is 6.89. The molecule has 162 valence electrons. The molecule has 31 heavy (non-hydrogen) atoms. The highest BCUT2D eigenvalue weighted by Gasteiger charge is 2.18. The summed E-state index contributed by atoms with van der Waals surface area (Å²) in [6.07, 6.45) is 1.83.